The average molecular weight is 128 g/mol. The minimum absolute atomic E-state index is 0.0325. The van der Waals surface area contributed by atoms with Crippen LogP contribution >= 0.6 is 0 Å². The average Bonchev–Trinajstić information content (AvgIpc) is 1.82. The normalized spacial score (nSPS) is 8.11. The second-order valence-electron chi connectivity index (χ2n) is 1.43. The molecular weight excluding hydrogens is 119 g/mol. The largest absolute Gasteiger partial charge is 0.487 e. The van der Waals surface area contributed by atoms with E-state index in [0.29, 0.717) is 0 Å². The Kier molecular flexibility index (Phi) is 3.44. The van der Waals surface area contributed by atoms with Gasteiger partial charge in [0.2, 0.25) is 0 Å². The predicted molar refractivity (Wildman–Crippen MR) is 35.5 cm³/mol. The van der Waals surface area contributed by atoms with Crippen molar-refractivity contribution in [2.24, 2.45) is 0 Å². The third-order valence-corrected chi connectivity index (χ3v) is 0.678. The molecular formula is C7H9FO. The van der Waals surface area contributed by atoms with Gasteiger partial charge in [-0.15, -0.1) is 0 Å². The van der Waals surface area contributed by atoms with E-state index in [-0.39, 0.29) is 12.4 Å². The molecule has 0 radical (unpaired) electrons. The standard InChI is InChI=1S/C7H9FO/c1-4-5-9-7(3)6(2)8/h4H,1-3,5H2. The van der Waals surface area contributed by atoms with Crippen LogP contribution < -0.4 is 0 Å². The molecule has 0 saturated heterocycles. The highest BCUT2D eigenvalue weighted by atomic mass is 19.1. The lowest BCUT2D eigenvalue weighted by Gasteiger charge is -2.01. The van der Waals surface area contributed by atoms with Gasteiger partial charge in [-0.05, 0) is 0 Å². The molecule has 0 aromatic carbocycles. The zero-order chi connectivity index (χ0) is 7.28. The zero-order valence-electron chi connectivity index (χ0n) is 5.19. The van der Waals surface area contributed by atoms with E-state index in [2.05, 4.69) is 24.5 Å². The van der Waals surface area contributed by atoms with Crippen molar-refractivity contribution in [3.63, 3.8) is 0 Å². The Hall–Kier alpha value is -1.05. The summed E-state index contributed by atoms with van der Waals surface area (Å²) in [6, 6.07) is 0. The summed E-state index contributed by atoms with van der Waals surface area (Å²) >= 11 is 0. The molecule has 0 aromatic rings. The van der Waals surface area contributed by atoms with Gasteiger partial charge in [-0.2, -0.15) is 0 Å². The van der Waals surface area contributed by atoms with Gasteiger partial charge in [-0.1, -0.05) is 25.8 Å². The van der Waals surface area contributed by atoms with E-state index in [9.17, 15) is 4.39 Å². The van der Waals surface area contributed by atoms with Crippen LogP contribution in [0.1, 0.15) is 0 Å². The maximum Gasteiger partial charge on any atom is 0.157 e. The molecule has 0 spiro atoms. The maximum atomic E-state index is 12.0. The van der Waals surface area contributed by atoms with Crippen molar-refractivity contribution < 1.29 is 9.13 Å². The highest BCUT2D eigenvalue weighted by molar-refractivity contribution is 5.10. The maximum absolute atomic E-state index is 12.0. The van der Waals surface area contributed by atoms with Crippen LogP contribution in [0.5, 0.6) is 0 Å². The first-order chi connectivity index (χ1) is 4.18. The summed E-state index contributed by atoms with van der Waals surface area (Å²) in [5, 5.41) is 0. The Morgan fingerprint density at radius 3 is 2.44 bits per heavy atom. The molecule has 0 aliphatic carbocycles. The van der Waals surface area contributed by atoms with Crippen LogP contribution in [-0.2, 0) is 4.74 Å². The van der Waals surface area contributed by atoms with E-state index < -0.39 is 5.83 Å². The molecule has 0 bridgehead atoms. The molecule has 0 unspecified atom stereocenters. The topological polar surface area (TPSA) is 9.23 Å². The molecule has 0 amide bonds. The van der Waals surface area contributed by atoms with Crippen LogP contribution in [0.2, 0.25) is 0 Å². The molecule has 9 heavy (non-hydrogen) atoms. The third-order valence-electron chi connectivity index (χ3n) is 0.678. The van der Waals surface area contributed by atoms with Crippen LogP contribution in [0, 0.1) is 0 Å². The van der Waals surface area contributed by atoms with Gasteiger partial charge in [-0.3, -0.25) is 0 Å². The first-order valence-corrected chi connectivity index (χ1v) is 2.46. The van der Waals surface area contributed by atoms with Gasteiger partial charge in [0.15, 0.2) is 5.83 Å². The van der Waals surface area contributed by atoms with E-state index in [1.165, 1.54) is 6.08 Å². The Morgan fingerprint density at radius 1 is 1.56 bits per heavy atom. The zero-order valence-corrected chi connectivity index (χ0v) is 5.19. The lowest BCUT2D eigenvalue weighted by Crippen LogP contribution is -1.89. The molecule has 0 aliphatic rings. The first-order valence-electron chi connectivity index (χ1n) is 2.46. The highest BCUT2D eigenvalue weighted by Gasteiger charge is 1.95. The molecule has 2 heteroatoms. The summed E-state index contributed by atoms with van der Waals surface area (Å²) in [6.45, 7) is 9.87. The number of hydrogen-bond acceptors (Lipinski definition) is 1. The smallest absolute Gasteiger partial charge is 0.157 e. The Bertz CT molecular complexity index is 138. The second-order valence-corrected chi connectivity index (χ2v) is 1.43. The van der Waals surface area contributed by atoms with Crippen LogP contribution in [0.4, 0.5) is 4.39 Å². The van der Waals surface area contributed by atoms with Gasteiger partial charge < -0.3 is 4.74 Å². The summed E-state index contributed by atoms with van der Waals surface area (Å²) in [7, 11) is 0. The molecule has 0 N–H and O–H groups in total. The molecule has 1 nitrogen and oxygen atoms in total. The van der Waals surface area contributed by atoms with E-state index >= 15 is 0 Å². The molecule has 0 saturated carbocycles. The van der Waals surface area contributed by atoms with Crippen LogP contribution in [0.15, 0.2) is 37.4 Å². The molecule has 0 heterocycles. The van der Waals surface area contributed by atoms with Gasteiger partial charge in [0.05, 0.1) is 0 Å². The highest BCUT2D eigenvalue weighted by Crippen LogP contribution is 2.06. The van der Waals surface area contributed by atoms with Crippen molar-refractivity contribution in [1.82, 2.24) is 0 Å². The van der Waals surface area contributed by atoms with E-state index in [1.54, 1.807) is 0 Å². The van der Waals surface area contributed by atoms with Crippen molar-refractivity contribution in [1.29, 1.82) is 0 Å². The summed E-state index contributed by atoms with van der Waals surface area (Å²) in [4.78, 5) is 0. The number of hydrogen-bond donors (Lipinski definition) is 0. The third kappa shape index (κ3) is 3.53. The summed E-state index contributed by atoms with van der Waals surface area (Å²) in [5.74, 6) is -0.674. The molecule has 0 fully saturated rings. The van der Waals surface area contributed by atoms with E-state index in [0.717, 1.165) is 0 Å². The Morgan fingerprint density at radius 2 is 2.11 bits per heavy atom. The lowest BCUT2D eigenvalue weighted by molar-refractivity contribution is 0.245. The fourth-order valence-corrected chi connectivity index (χ4v) is 0.238. The van der Waals surface area contributed by atoms with E-state index in [1.807, 2.05) is 0 Å². The fraction of sp³-hybridized carbons (Fsp3) is 0.143. The van der Waals surface area contributed by atoms with Gasteiger partial charge in [0.1, 0.15) is 12.4 Å². The Labute approximate surface area is 54.1 Å². The summed E-state index contributed by atoms with van der Waals surface area (Å²) in [6.07, 6.45) is 1.51. The molecule has 0 atom stereocenters. The van der Waals surface area contributed by atoms with Crippen molar-refractivity contribution in [3.8, 4) is 0 Å². The number of rotatable bonds is 4. The summed E-state index contributed by atoms with van der Waals surface area (Å²) < 4.78 is 16.6. The van der Waals surface area contributed by atoms with Crippen LogP contribution in [0.25, 0.3) is 0 Å². The number of allylic oxidation sites excluding steroid dienone is 1. The summed E-state index contributed by atoms with van der Waals surface area (Å²) in [5.41, 5.74) is 0. The van der Waals surface area contributed by atoms with Crippen molar-refractivity contribution in [2.45, 2.75) is 0 Å². The first kappa shape index (κ1) is 7.95. The molecule has 0 aromatic heterocycles. The van der Waals surface area contributed by atoms with Gasteiger partial charge in [0, 0.05) is 0 Å². The van der Waals surface area contributed by atoms with Gasteiger partial charge in [0.25, 0.3) is 0 Å². The minimum Gasteiger partial charge on any atom is -0.487 e. The SMILES string of the molecule is C=CCOC(=C)C(=C)F. The monoisotopic (exact) mass is 128 g/mol. The van der Waals surface area contributed by atoms with E-state index in [4.69, 9.17) is 0 Å². The molecule has 50 valence electrons. The van der Waals surface area contributed by atoms with Gasteiger partial charge >= 0.3 is 0 Å². The van der Waals surface area contributed by atoms with Crippen LogP contribution in [-0.4, -0.2) is 6.61 Å². The number of ether oxygens (including phenoxy) is 1. The Balaban J connectivity index is 3.51. The van der Waals surface area contributed by atoms with Crippen LogP contribution in [0.3, 0.4) is 0 Å². The predicted octanol–water partition coefficient (Wildman–Crippen LogP) is 2.19. The molecule has 0 aliphatic heterocycles. The van der Waals surface area contributed by atoms with Crippen molar-refractivity contribution in [2.75, 3.05) is 6.61 Å². The van der Waals surface area contributed by atoms with Crippen molar-refractivity contribution >= 4 is 0 Å². The minimum atomic E-state index is -0.642. The van der Waals surface area contributed by atoms with Gasteiger partial charge in [-0.25, -0.2) is 4.39 Å². The number of halogens is 1. The fourth-order valence-electron chi connectivity index (χ4n) is 0.238. The molecule has 0 rings (SSSR count). The van der Waals surface area contributed by atoms with Crippen molar-refractivity contribution in [3.05, 3.63) is 37.4 Å². The lowest BCUT2D eigenvalue weighted by atomic mass is 10.5. The quantitative estimate of drug-likeness (QED) is 0.320. The second kappa shape index (κ2) is 3.89.